The molecule has 25 heavy (non-hydrogen) atoms. The fourth-order valence-corrected chi connectivity index (χ4v) is 3.69. The molecule has 1 heterocycles. The summed E-state index contributed by atoms with van der Waals surface area (Å²) in [6.45, 7) is 4.72. The molecule has 136 valence electrons. The van der Waals surface area contributed by atoms with Crippen LogP contribution in [0.5, 0.6) is 0 Å². The third-order valence-electron chi connectivity index (χ3n) is 5.20. The first-order valence-electron chi connectivity index (χ1n) is 9.42. The van der Waals surface area contributed by atoms with Crippen LogP contribution in [0, 0.1) is 11.3 Å². The van der Waals surface area contributed by atoms with Crippen LogP contribution in [0.1, 0.15) is 62.7 Å². The molecule has 2 fully saturated rings. The van der Waals surface area contributed by atoms with Crippen molar-refractivity contribution in [2.45, 2.75) is 64.5 Å². The molecule has 0 unspecified atom stereocenters. The zero-order valence-corrected chi connectivity index (χ0v) is 15.3. The van der Waals surface area contributed by atoms with Gasteiger partial charge >= 0.3 is 0 Å². The molecule has 3 rings (SSSR count). The third-order valence-corrected chi connectivity index (χ3v) is 5.20. The number of Topliss-reactive ketones (excluding diaryl/α,β-unsaturated/α-hetero) is 1. The van der Waals surface area contributed by atoms with Crippen molar-refractivity contribution in [2.75, 3.05) is 6.61 Å². The van der Waals surface area contributed by atoms with Crippen molar-refractivity contribution in [3.05, 3.63) is 35.9 Å². The van der Waals surface area contributed by atoms with Gasteiger partial charge in [-0.05, 0) is 37.0 Å². The topological polar surface area (TPSA) is 55.4 Å². The van der Waals surface area contributed by atoms with E-state index in [1.807, 2.05) is 44.2 Å². The van der Waals surface area contributed by atoms with E-state index in [2.05, 4.69) is 5.32 Å². The van der Waals surface area contributed by atoms with Crippen LogP contribution in [-0.2, 0) is 9.53 Å². The Bertz CT molecular complexity index is 607. The Hall–Kier alpha value is -1.68. The van der Waals surface area contributed by atoms with Crippen molar-refractivity contribution in [2.24, 2.45) is 11.3 Å². The highest BCUT2D eigenvalue weighted by Gasteiger charge is 2.36. The third kappa shape index (κ3) is 5.40. The highest BCUT2D eigenvalue weighted by atomic mass is 16.5. The summed E-state index contributed by atoms with van der Waals surface area (Å²) in [5, 5.41) is 3.17. The SMILES string of the molecule is CC(C)(CC(=O)N[C@H]1CCO[C@H](C2CC2)C1)CC(=O)c1ccccc1. The van der Waals surface area contributed by atoms with E-state index < -0.39 is 0 Å². The predicted octanol–water partition coefficient (Wildman–Crippen LogP) is 3.75. The summed E-state index contributed by atoms with van der Waals surface area (Å²) in [5.41, 5.74) is 0.366. The van der Waals surface area contributed by atoms with Gasteiger partial charge in [-0.2, -0.15) is 0 Å². The van der Waals surface area contributed by atoms with Crippen molar-refractivity contribution < 1.29 is 14.3 Å². The summed E-state index contributed by atoms with van der Waals surface area (Å²) >= 11 is 0. The molecule has 0 aromatic heterocycles. The molecule has 1 N–H and O–H groups in total. The fourth-order valence-electron chi connectivity index (χ4n) is 3.69. The Morgan fingerprint density at radius 3 is 2.52 bits per heavy atom. The lowest BCUT2D eigenvalue weighted by atomic mass is 9.82. The van der Waals surface area contributed by atoms with Gasteiger partial charge in [0.15, 0.2) is 5.78 Å². The average molecular weight is 343 g/mol. The lowest BCUT2D eigenvalue weighted by Gasteiger charge is -2.31. The number of hydrogen-bond acceptors (Lipinski definition) is 3. The van der Waals surface area contributed by atoms with Gasteiger partial charge < -0.3 is 10.1 Å². The number of ether oxygens (including phenoxy) is 1. The van der Waals surface area contributed by atoms with Gasteiger partial charge in [0.1, 0.15) is 0 Å². The second-order valence-electron chi connectivity index (χ2n) is 8.34. The maximum atomic E-state index is 12.5. The number of carbonyl (C=O) groups excluding carboxylic acids is 2. The lowest BCUT2D eigenvalue weighted by Crippen LogP contribution is -2.43. The second kappa shape index (κ2) is 7.69. The Morgan fingerprint density at radius 1 is 1.12 bits per heavy atom. The van der Waals surface area contributed by atoms with Crippen LogP contribution in [-0.4, -0.2) is 30.4 Å². The summed E-state index contributed by atoms with van der Waals surface area (Å²) in [4.78, 5) is 24.9. The highest BCUT2D eigenvalue weighted by Crippen LogP contribution is 2.38. The first-order valence-corrected chi connectivity index (χ1v) is 9.42. The number of nitrogens with one attached hydrogen (secondary N) is 1. The highest BCUT2D eigenvalue weighted by molar-refractivity contribution is 5.96. The van der Waals surface area contributed by atoms with E-state index in [-0.39, 0.29) is 23.1 Å². The molecule has 4 heteroatoms. The molecule has 1 aromatic carbocycles. The van der Waals surface area contributed by atoms with Gasteiger partial charge in [-0.1, -0.05) is 44.2 Å². The van der Waals surface area contributed by atoms with Crippen molar-refractivity contribution in [1.82, 2.24) is 5.32 Å². The number of carbonyl (C=O) groups is 2. The van der Waals surface area contributed by atoms with E-state index in [9.17, 15) is 9.59 Å². The number of ketones is 1. The van der Waals surface area contributed by atoms with Gasteiger partial charge in [-0.15, -0.1) is 0 Å². The molecule has 0 radical (unpaired) electrons. The van der Waals surface area contributed by atoms with Gasteiger partial charge in [0.05, 0.1) is 6.10 Å². The van der Waals surface area contributed by atoms with E-state index in [0.29, 0.717) is 30.4 Å². The monoisotopic (exact) mass is 343 g/mol. The molecule has 1 amide bonds. The number of benzene rings is 1. The standard InChI is InChI=1S/C21H29NO3/c1-21(2,13-18(23)15-6-4-3-5-7-15)14-20(24)22-17-10-11-25-19(12-17)16-8-9-16/h3-7,16-17,19H,8-14H2,1-2H3,(H,22,24)/t17-,19-/m0/s1. The fraction of sp³-hybridized carbons (Fsp3) is 0.619. The molecule has 1 aliphatic heterocycles. The van der Waals surface area contributed by atoms with Crippen LogP contribution in [0.25, 0.3) is 0 Å². The Morgan fingerprint density at radius 2 is 1.84 bits per heavy atom. The first-order chi connectivity index (χ1) is 11.9. The Kier molecular flexibility index (Phi) is 5.57. The minimum absolute atomic E-state index is 0.0484. The quantitative estimate of drug-likeness (QED) is 0.767. The van der Waals surface area contributed by atoms with Gasteiger partial charge in [0.2, 0.25) is 5.91 Å². The molecule has 0 spiro atoms. The summed E-state index contributed by atoms with van der Waals surface area (Å²) in [6, 6.07) is 9.52. The normalized spacial score (nSPS) is 23.9. The van der Waals surface area contributed by atoms with Gasteiger partial charge in [0, 0.05) is 31.1 Å². The first kappa shape index (κ1) is 18.1. The van der Waals surface area contributed by atoms with Crippen LogP contribution in [0.15, 0.2) is 30.3 Å². The largest absolute Gasteiger partial charge is 0.378 e. The molecule has 1 saturated carbocycles. The molecule has 4 nitrogen and oxygen atoms in total. The minimum Gasteiger partial charge on any atom is -0.378 e. The number of rotatable bonds is 7. The zero-order chi connectivity index (χ0) is 17.9. The van der Waals surface area contributed by atoms with Crippen LogP contribution in [0.3, 0.4) is 0 Å². The summed E-state index contributed by atoms with van der Waals surface area (Å²) in [6.07, 6.45) is 5.42. The smallest absolute Gasteiger partial charge is 0.220 e. The maximum absolute atomic E-state index is 12.5. The molecule has 2 atom stereocenters. The van der Waals surface area contributed by atoms with Crippen molar-refractivity contribution in [1.29, 1.82) is 0 Å². The predicted molar refractivity (Wildman–Crippen MR) is 97.4 cm³/mol. The van der Waals surface area contributed by atoms with E-state index >= 15 is 0 Å². The second-order valence-corrected chi connectivity index (χ2v) is 8.34. The molecular weight excluding hydrogens is 314 g/mol. The van der Waals surface area contributed by atoms with Crippen molar-refractivity contribution in [3.63, 3.8) is 0 Å². The molecule has 1 aromatic rings. The average Bonchev–Trinajstić information content (AvgIpc) is 3.39. The maximum Gasteiger partial charge on any atom is 0.220 e. The van der Waals surface area contributed by atoms with Crippen molar-refractivity contribution >= 4 is 11.7 Å². The van der Waals surface area contributed by atoms with E-state index in [1.165, 1.54) is 12.8 Å². The molecule has 1 saturated heterocycles. The minimum atomic E-state index is -0.349. The molecule has 2 aliphatic rings. The van der Waals surface area contributed by atoms with Gasteiger partial charge in [-0.3, -0.25) is 9.59 Å². The number of hydrogen-bond donors (Lipinski definition) is 1. The van der Waals surface area contributed by atoms with E-state index in [1.54, 1.807) is 0 Å². The molecular formula is C21H29NO3. The molecule has 0 bridgehead atoms. The summed E-state index contributed by atoms with van der Waals surface area (Å²) in [5.74, 6) is 0.852. The van der Waals surface area contributed by atoms with Gasteiger partial charge in [-0.25, -0.2) is 0 Å². The lowest BCUT2D eigenvalue weighted by molar-refractivity contribution is -0.124. The zero-order valence-electron chi connectivity index (χ0n) is 15.3. The molecule has 1 aliphatic carbocycles. The Balaban J connectivity index is 1.48. The number of amides is 1. The van der Waals surface area contributed by atoms with Crippen LogP contribution in [0.2, 0.25) is 0 Å². The summed E-state index contributed by atoms with van der Waals surface area (Å²) < 4.78 is 5.82. The van der Waals surface area contributed by atoms with Crippen molar-refractivity contribution in [3.8, 4) is 0 Å². The van der Waals surface area contributed by atoms with Crippen LogP contribution < -0.4 is 5.32 Å². The van der Waals surface area contributed by atoms with E-state index in [4.69, 9.17) is 4.74 Å². The van der Waals surface area contributed by atoms with E-state index in [0.717, 1.165) is 19.4 Å². The van der Waals surface area contributed by atoms with Crippen LogP contribution >= 0.6 is 0 Å². The Labute approximate surface area is 150 Å². The van der Waals surface area contributed by atoms with Gasteiger partial charge in [0.25, 0.3) is 0 Å². The van der Waals surface area contributed by atoms with Crippen LogP contribution in [0.4, 0.5) is 0 Å². The summed E-state index contributed by atoms with van der Waals surface area (Å²) in [7, 11) is 0.